The number of esters is 1. The van der Waals surface area contributed by atoms with Gasteiger partial charge in [-0.15, -0.1) is 0 Å². The minimum atomic E-state index is -0.693. The highest BCUT2D eigenvalue weighted by molar-refractivity contribution is 5.96. The van der Waals surface area contributed by atoms with Crippen LogP contribution < -0.4 is 0 Å². The molecule has 4 heteroatoms. The average Bonchev–Trinajstić information content (AvgIpc) is 2.89. The number of fused-ring (bicyclic) bond motifs is 2. The lowest BCUT2D eigenvalue weighted by atomic mass is 9.84. The van der Waals surface area contributed by atoms with Gasteiger partial charge in [-0.25, -0.2) is 4.79 Å². The Hall–Kier alpha value is -2.62. The van der Waals surface area contributed by atoms with Gasteiger partial charge in [-0.05, 0) is 56.0 Å². The minimum absolute atomic E-state index is 0.00241. The number of hydrogen-bond donors (Lipinski definition) is 0. The van der Waals surface area contributed by atoms with Crippen molar-refractivity contribution in [1.82, 2.24) is 4.90 Å². The van der Waals surface area contributed by atoms with Gasteiger partial charge in [0.05, 0.1) is 12.1 Å². The van der Waals surface area contributed by atoms with E-state index in [1.807, 2.05) is 55.1 Å². The first kappa shape index (κ1) is 15.9. The van der Waals surface area contributed by atoms with Crippen LogP contribution in [0.15, 0.2) is 42.5 Å². The SMILES string of the molecule is Cc1ccc(C(=O)N2CCCC3(C2)OC(=O)c2ccccc23)cc1C. The summed E-state index contributed by atoms with van der Waals surface area (Å²) in [6.45, 7) is 5.15. The van der Waals surface area contributed by atoms with Gasteiger partial charge in [0.25, 0.3) is 5.91 Å². The maximum atomic E-state index is 13.0. The molecular formula is C21H21NO3. The molecule has 2 aliphatic heterocycles. The number of piperidine rings is 1. The van der Waals surface area contributed by atoms with Crippen LogP contribution in [0.25, 0.3) is 0 Å². The molecule has 128 valence electrons. The monoisotopic (exact) mass is 335 g/mol. The molecule has 2 aromatic carbocycles. The molecule has 0 aromatic heterocycles. The second kappa shape index (κ2) is 5.73. The molecule has 1 fully saturated rings. The Kier molecular flexibility index (Phi) is 3.64. The third-order valence-electron chi connectivity index (χ3n) is 5.42. The quantitative estimate of drug-likeness (QED) is 0.748. The van der Waals surface area contributed by atoms with Gasteiger partial charge in [-0.3, -0.25) is 4.79 Å². The molecule has 1 saturated heterocycles. The zero-order chi connectivity index (χ0) is 17.6. The Morgan fingerprint density at radius 3 is 2.72 bits per heavy atom. The number of amides is 1. The first-order chi connectivity index (χ1) is 12.0. The van der Waals surface area contributed by atoms with Crippen molar-refractivity contribution in [1.29, 1.82) is 0 Å². The molecule has 4 rings (SSSR count). The number of benzene rings is 2. The first-order valence-corrected chi connectivity index (χ1v) is 8.70. The van der Waals surface area contributed by atoms with Crippen LogP contribution in [0.5, 0.6) is 0 Å². The highest BCUT2D eigenvalue weighted by Crippen LogP contribution is 2.43. The topological polar surface area (TPSA) is 46.6 Å². The van der Waals surface area contributed by atoms with Crippen LogP contribution in [0.2, 0.25) is 0 Å². The number of nitrogens with zero attached hydrogens (tertiary/aromatic N) is 1. The summed E-state index contributed by atoms with van der Waals surface area (Å²) in [5, 5.41) is 0. The number of aryl methyl sites for hydroxylation is 2. The van der Waals surface area contributed by atoms with E-state index in [0.29, 0.717) is 24.2 Å². The van der Waals surface area contributed by atoms with Gasteiger partial charge in [0.1, 0.15) is 0 Å². The summed E-state index contributed by atoms with van der Waals surface area (Å²) in [6.07, 6.45) is 1.57. The van der Waals surface area contributed by atoms with Crippen LogP contribution in [-0.4, -0.2) is 29.9 Å². The summed E-state index contributed by atoms with van der Waals surface area (Å²) in [7, 11) is 0. The third kappa shape index (κ3) is 2.53. The Morgan fingerprint density at radius 1 is 1.12 bits per heavy atom. The van der Waals surface area contributed by atoms with Gasteiger partial charge >= 0.3 is 5.97 Å². The number of carbonyl (C=O) groups excluding carboxylic acids is 2. The van der Waals surface area contributed by atoms with Gasteiger partial charge in [0, 0.05) is 17.7 Å². The van der Waals surface area contributed by atoms with E-state index in [9.17, 15) is 9.59 Å². The van der Waals surface area contributed by atoms with E-state index in [4.69, 9.17) is 4.74 Å². The normalized spacial score (nSPS) is 22.0. The number of likely N-dealkylation sites (tertiary alicyclic amines) is 1. The maximum Gasteiger partial charge on any atom is 0.339 e. The third-order valence-corrected chi connectivity index (χ3v) is 5.42. The van der Waals surface area contributed by atoms with Crippen molar-refractivity contribution in [3.63, 3.8) is 0 Å². The number of hydrogen-bond acceptors (Lipinski definition) is 3. The molecule has 2 aromatic rings. The highest BCUT2D eigenvalue weighted by atomic mass is 16.6. The predicted octanol–water partition coefficient (Wildman–Crippen LogP) is 3.61. The van der Waals surface area contributed by atoms with Crippen molar-refractivity contribution < 1.29 is 14.3 Å². The zero-order valence-corrected chi connectivity index (χ0v) is 14.5. The maximum absolute atomic E-state index is 13.0. The molecule has 2 aliphatic rings. The Balaban J connectivity index is 1.65. The second-order valence-corrected chi connectivity index (χ2v) is 7.06. The lowest BCUT2D eigenvalue weighted by Crippen LogP contribution is -2.48. The first-order valence-electron chi connectivity index (χ1n) is 8.70. The predicted molar refractivity (Wildman–Crippen MR) is 94.6 cm³/mol. The van der Waals surface area contributed by atoms with Crippen LogP contribution in [0.1, 0.15) is 50.2 Å². The van der Waals surface area contributed by atoms with Crippen molar-refractivity contribution in [2.75, 3.05) is 13.1 Å². The van der Waals surface area contributed by atoms with Crippen molar-refractivity contribution in [2.45, 2.75) is 32.3 Å². The number of ether oxygens (including phenoxy) is 1. The van der Waals surface area contributed by atoms with Crippen molar-refractivity contribution >= 4 is 11.9 Å². The molecule has 0 aliphatic carbocycles. The standard InChI is InChI=1S/C21H21NO3/c1-14-8-9-16(12-15(14)2)19(23)22-11-5-10-21(13-22)18-7-4-3-6-17(18)20(24)25-21/h3-4,6-9,12H,5,10-11,13H2,1-2H3. The lowest BCUT2D eigenvalue weighted by Gasteiger charge is -2.39. The second-order valence-electron chi connectivity index (χ2n) is 7.06. The Labute approximate surface area is 147 Å². The smallest absolute Gasteiger partial charge is 0.339 e. The molecule has 1 unspecified atom stereocenters. The van der Waals surface area contributed by atoms with Gasteiger partial charge < -0.3 is 9.64 Å². The van der Waals surface area contributed by atoms with E-state index >= 15 is 0 Å². The summed E-state index contributed by atoms with van der Waals surface area (Å²) in [4.78, 5) is 27.0. The highest BCUT2D eigenvalue weighted by Gasteiger charge is 2.48. The molecule has 4 nitrogen and oxygen atoms in total. The molecular weight excluding hydrogens is 314 g/mol. The molecule has 0 radical (unpaired) electrons. The molecule has 0 saturated carbocycles. The summed E-state index contributed by atoms with van der Waals surface area (Å²) < 4.78 is 5.79. The van der Waals surface area contributed by atoms with Gasteiger partial charge in [-0.1, -0.05) is 24.3 Å². The summed E-state index contributed by atoms with van der Waals surface area (Å²) in [5.74, 6) is -0.279. The van der Waals surface area contributed by atoms with Crippen molar-refractivity contribution in [3.05, 3.63) is 70.3 Å². The molecule has 1 amide bonds. The minimum Gasteiger partial charge on any atom is -0.449 e. The van der Waals surface area contributed by atoms with E-state index in [0.717, 1.165) is 24.0 Å². The number of carbonyl (C=O) groups is 2. The van der Waals surface area contributed by atoms with Crippen LogP contribution in [0.3, 0.4) is 0 Å². The fraction of sp³-hybridized carbons (Fsp3) is 0.333. The molecule has 1 spiro atoms. The van der Waals surface area contributed by atoms with E-state index < -0.39 is 5.60 Å². The summed E-state index contributed by atoms with van der Waals surface area (Å²) in [6, 6.07) is 13.3. The molecule has 1 atom stereocenters. The van der Waals surface area contributed by atoms with Crippen LogP contribution in [-0.2, 0) is 10.3 Å². The van der Waals surface area contributed by atoms with Gasteiger partial charge in [0.15, 0.2) is 5.60 Å². The molecule has 2 heterocycles. The molecule has 0 N–H and O–H groups in total. The summed E-state index contributed by atoms with van der Waals surface area (Å²) in [5.41, 5.74) is 3.82. The van der Waals surface area contributed by atoms with E-state index in [-0.39, 0.29) is 11.9 Å². The van der Waals surface area contributed by atoms with Crippen LogP contribution in [0, 0.1) is 13.8 Å². The van der Waals surface area contributed by atoms with E-state index in [1.165, 1.54) is 5.56 Å². The Morgan fingerprint density at radius 2 is 1.92 bits per heavy atom. The fourth-order valence-electron chi connectivity index (χ4n) is 3.90. The van der Waals surface area contributed by atoms with Crippen LogP contribution in [0.4, 0.5) is 0 Å². The largest absolute Gasteiger partial charge is 0.449 e. The molecule has 0 bridgehead atoms. The van der Waals surface area contributed by atoms with E-state index in [1.54, 1.807) is 6.07 Å². The van der Waals surface area contributed by atoms with Gasteiger partial charge in [0.2, 0.25) is 0 Å². The lowest BCUT2D eigenvalue weighted by molar-refractivity contribution is -0.0442. The van der Waals surface area contributed by atoms with E-state index in [2.05, 4.69) is 0 Å². The van der Waals surface area contributed by atoms with Crippen molar-refractivity contribution in [3.8, 4) is 0 Å². The van der Waals surface area contributed by atoms with Crippen molar-refractivity contribution in [2.24, 2.45) is 0 Å². The zero-order valence-electron chi connectivity index (χ0n) is 14.5. The molecule has 25 heavy (non-hydrogen) atoms. The van der Waals surface area contributed by atoms with Crippen LogP contribution >= 0.6 is 0 Å². The number of rotatable bonds is 1. The summed E-state index contributed by atoms with van der Waals surface area (Å²) >= 11 is 0. The average molecular weight is 335 g/mol. The fourth-order valence-corrected chi connectivity index (χ4v) is 3.90. The van der Waals surface area contributed by atoms with Gasteiger partial charge in [-0.2, -0.15) is 0 Å². The Bertz CT molecular complexity index is 873.